The first-order chi connectivity index (χ1) is 12.2. The molecule has 3 rings (SSSR count). The van der Waals surface area contributed by atoms with Gasteiger partial charge < -0.3 is 9.30 Å². The molecule has 1 aromatic heterocycles. The molecule has 2 aromatic rings. The molecule has 0 N–H and O–H groups in total. The molecular formula is C20H21Cl2NO3. The van der Waals surface area contributed by atoms with Gasteiger partial charge in [-0.3, -0.25) is 9.59 Å². The molecule has 26 heavy (non-hydrogen) atoms. The standard InChI is InChI=1S/C20H21Cl2NO3/c1-13-9-16(14(2)23(13)10-15-7-5-4-6-8-15)17(24)11-26-18(25)19(3)12-20(19,21)22/h4-9H,10-12H2,1-3H3. The number of benzene rings is 1. The van der Waals surface area contributed by atoms with E-state index in [-0.39, 0.29) is 12.4 Å². The van der Waals surface area contributed by atoms with E-state index in [0.717, 1.165) is 17.0 Å². The Morgan fingerprint density at radius 3 is 2.38 bits per heavy atom. The summed E-state index contributed by atoms with van der Waals surface area (Å²) in [5.41, 5.74) is 2.63. The molecule has 6 heteroatoms. The fraction of sp³-hybridized carbons (Fsp3) is 0.400. The van der Waals surface area contributed by atoms with Gasteiger partial charge in [-0.25, -0.2) is 0 Å². The molecule has 0 radical (unpaired) electrons. The number of carbonyl (C=O) groups is 2. The summed E-state index contributed by atoms with van der Waals surface area (Å²) in [5.74, 6) is -0.765. The predicted molar refractivity (Wildman–Crippen MR) is 102 cm³/mol. The summed E-state index contributed by atoms with van der Waals surface area (Å²) in [5, 5.41) is 0. The molecule has 1 aliphatic rings. The number of halogens is 2. The lowest BCUT2D eigenvalue weighted by Gasteiger charge is -2.12. The largest absolute Gasteiger partial charge is 0.457 e. The van der Waals surface area contributed by atoms with Gasteiger partial charge in [0.15, 0.2) is 6.61 Å². The van der Waals surface area contributed by atoms with Crippen molar-refractivity contribution < 1.29 is 14.3 Å². The molecule has 1 heterocycles. The van der Waals surface area contributed by atoms with Crippen LogP contribution in [0.4, 0.5) is 0 Å². The first-order valence-electron chi connectivity index (χ1n) is 8.44. The van der Waals surface area contributed by atoms with Crippen molar-refractivity contribution in [3.05, 3.63) is 58.9 Å². The van der Waals surface area contributed by atoms with Crippen LogP contribution < -0.4 is 0 Å². The first kappa shape index (κ1) is 19.0. The first-order valence-corrected chi connectivity index (χ1v) is 9.20. The lowest BCUT2D eigenvalue weighted by atomic mass is 10.1. The third-order valence-electron chi connectivity index (χ3n) is 5.10. The molecule has 0 spiro atoms. The number of rotatable bonds is 6. The minimum atomic E-state index is -1.10. The Labute approximate surface area is 163 Å². The molecule has 1 aliphatic carbocycles. The third kappa shape index (κ3) is 3.40. The number of hydrogen-bond acceptors (Lipinski definition) is 3. The van der Waals surface area contributed by atoms with E-state index in [4.69, 9.17) is 27.9 Å². The lowest BCUT2D eigenvalue weighted by molar-refractivity contribution is -0.148. The Hall–Kier alpha value is -1.78. The fourth-order valence-electron chi connectivity index (χ4n) is 3.08. The van der Waals surface area contributed by atoms with Gasteiger partial charge in [0.05, 0.1) is 0 Å². The van der Waals surface area contributed by atoms with Gasteiger partial charge in [0.25, 0.3) is 0 Å². The average Bonchev–Trinajstić information content (AvgIpc) is 3.01. The summed E-state index contributed by atoms with van der Waals surface area (Å²) in [6.07, 6.45) is 0.335. The molecule has 1 atom stereocenters. The van der Waals surface area contributed by atoms with Gasteiger partial charge in [-0.05, 0) is 32.4 Å². The van der Waals surface area contributed by atoms with Gasteiger partial charge in [-0.1, -0.05) is 30.3 Å². The molecule has 1 unspecified atom stereocenters. The second-order valence-corrected chi connectivity index (χ2v) is 8.55. The van der Waals surface area contributed by atoms with Crippen LogP contribution in [0.15, 0.2) is 36.4 Å². The molecule has 0 aliphatic heterocycles. The lowest BCUT2D eigenvalue weighted by Crippen LogP contribution is -2.24. The highest BCUT2D eigenvalue weighted by Gasteiger charge is 2.69. The number of carbonyl (C=O) groups excluding carboxylic acids is 2. The summed E-state index contributed by atoms with van der Waals surface area (Å²) in [7, 11) is 0. The molecule has 0 saturated heterocycles. The Balaban J connectivity index is 1.69. The van der Waals surface area contributed by atoms with Gasteiger partial charge in [0.1, 0.15) is 9.75 Å². The predicted octanol–water partition coefficient (Wildman–Crippen LogP) is 4.46. The van der Waals surface area contributed by atoms with Crippen LogP contribution in [0.25, 0.3) is 0 Å². The Kier molecular flexibility index (Phi) is 4.93. The van der Waals surface area contributed by atoms with E-state index < -0.39 is 15.7 Å². The van der Waals surface area contributed by atoms with Gasteiger partial charge in [-0.15, -0.1) is 23.2 Å². The Morgan fingerprint density at radius 1 is 1.19 bits per heavy atom. The number of Topliss-reactive ketones (excluding diaryl/α,β-unsaturated/α-hetero) is 1. The highest BCUT2D eigenvalue weighted by atomic mass is 35.5. The number of hydrogen-bond donors (Lipinski definition) is 0. The van der Waals surface area contributed by atoms with Crippen LogP contribution >= 0.6 is 23.2 Å². The summed E-state index contributed by atoms with van der Waals surface area (Å²) >= 11 is 12.0. The van der Waals surface area contributed by atoms with Crippen molar-refractivity contribution >= 4 is 35.0 Å². The number of esters is 1. The van der Waals surface area contributed by atoms with E-state index in [1.165, 1.54) is 0 Å². The van der Waals surface area contributed by atoms with E-state index in [1.807, 2.05) is 50.2 Å². The molecular weight excluding hydrogens is 373 g/mol. The van der Waals surface area contributed by atoms with Crippen molar-refractivity contribution in [2.24, 2.45) is 5.41 Å². The maximum atomic E-state index is 12.5. The van der Waals surface area contributed by atoms with Crippen LogP contribution in [-0.4, -0.2) is 27.3 Å². The van der Waals surface area contributed by atoms with Gasteiger partial charge in [-0.2, -0.15) is 0 Å². The minimum Gasteiger partial charge on any atom is -0.457 e. The van der Waals surface area contributed by atoms with Crippen LogP contribution in [0.3, 0.4) is 0 Å². The van der Waals surface area contributed by atoms with Crippen LogP contribution in [0.5, 0.6) is 0 Å². The van der Waals surface area contributed by atoms with Crippen molar-refractivity contribution in [2.45, 2.75) is 38.1 Å². The van der Waals surface area contributed by atoms with Gasteiger partial charge in [0, 0.05) is 29.9 Å². The SMILES string of the molecule is Cc1cc(C(=O)COC(=O)C2(C)CC2(Cl)Cl)c(C)n1Cc1ccccc1. The summed E-state index contributed by atoms with van der Waals surface area (Å²) in [6.45, 7) is 5.87. The number of aryl methyl sites for hydroxylation is 1. The normalized spacial score (nSPS) is 20.7. The number of alkyl halides is 2. The fourth-order valence-corrected chi connectivity index (χ4v) is 3.77. The Morgan fingerprint density at radius 2 is 1.81 bits per heavy atom. The molecule has 1 fully saturated rings. The summed E-state index contributed by atoms with van der Waals surface area (Å²) in [4.78, 5) is 24.7. The zero-order valence-electron chi connectivity index (χ0n) is 15.0. The monoisotopic (exact) mass is 393 g/mol. The van der Waals surface area contributed by atoms with Crippen molar-refractivity contribution in [1.29, 1.82) is 0 Å². The van der Waals surface area contributed by atoms with Crippen LogP contribution in [-0.2, 0) is 16.1 Å². The number of nitrogens with zero attached hydrogens (tertiary/aromatic N) is 1. The zero-order valence-corrected chi connectivity index (χ0v) is 16.5. The minimum absolute atomic E-state index is 0.232. The average molecular weight is 394 g/mol. The highest BCUT2D eigenvalue weighted by molar-refractivity contribution is 6.53. The van der Waals surface area contributed by atoms with Crippen molar-refractivity contribution in [3.63, 3.8) is 0 Å². The van der Waals surface area contributed by atoms with E-state index in [9.17, 15) is 9.59 Å². The van der Waals surface area contributed by atoms with Crippen molar-refractivity contribution in [2.75, 3.05) is 6.61 Å². The van der Waals surface area contributed by atoms with Crippen molar-refractivity contribution in [3.8, 4) is 0 Å². The van der Waals surface area contributed by atoms with E-state index >= 15 is 0 Å². The topological polar surface area (TPSA) is 48.3 Å². The molecule has 0 bridgehead atoms. The maximum absolute atomic E-state index is 12.5. The quantitative estimate of drug-likeness (QED) is 0.413. The molecule has 1 aromatic carbocycles. The van der Waals surface area contributed by atoms with Crippen LogP contribution in [0.1, 0.15) is 40.7 Å². The Bertz CT molecular complexity index is 857. The zero-order chi connectivity index (χ0) is 19.1. The summed E-state index contributed by atoms with van der Waals surface area (Å²) < 4.78 is 6.16. The van der Waals surface area contributed by atoms with Gasteiger partial charge >= 0.3 is 5.97 Å². The van der Waals surface area contributed by atoms with Gasteiger partial charge in [0.2, 0.25) is 5.78 Å². The summed E-state index contributed by atoms with van der Waals surface area (Å²) in [6, 6.07) is 11.9. The van der Waals surface area contributed by atoms with E-state index in [2.05, 4.69) is 4.57 Å². The van der Waals surface area contributed by atoms with E-state index in [1.54, 1.807) is 6.92 Å². The second kappa shape index (κ2) is 6.75. The second-order valence-electron chi connectivity index (χ2n) is 7.07. The highest BCUT2D eigenvalue weighted by Crippen LogP contribution is 2.64. The molecule has 0 amide bonds. The third-order valence-corrected chi connectivity index (χ3v) is 6.20. The van der Waals surface area contributed by atoms with Crippen molar-refractivity contribution in [1.82, 2.24) is 4.57 Å². The molecule has 1 saturated carbocycles. The number of ether oxygens (including phenoxy) is 1. The number of aromatic nitrogens is 1. The van der Waals surface area contributed by atoms with Crippen LogP contribution in [0.2, 0.25) is 0 Å². The smallest absolute Gasteiger partial charge is 0.315 e. The molecule has 4 nitrogen and oxygen atoms in total. The maximum Gasteiger partial charge on any atom is 0.315 e. The van der Waals surface area contributed by atoms with E-state index in [0.29, 0.717) is 18.5 Å². The molecule has 138 valence electrons. The van der Waals surface area contributed by atoms with Crippen LogP contribution in [0, 0.1) is 19.3 Å². The number of ketones is 1.